The van der Waals surface area contributed by atoms with Crippen LogP contribution in [-0.4, -0.2) is 21.3 Å². The monoisotopic (exact) mass is 301 g/mol. The van der Waals surface area contributed by atoms with Gasteiger partial charge in [-0.05, 0) is 30.2 Å². The molecule has 0 saturated heterocycles. The number of nitrogens with one attached hydrogen (secondary N) is 1. The fraction of sp³-hybridized carbons (Fsp3) is 0.333. The zero-order valence-corrected chi connectivity index (χ0v) is 13.6. The topological polar surface area (TPSA) is 39.7 Å². The van der Waals surface area contributed by atoms with Gasteiger partial charge in [0.1, 0.15) is 0 Å². The van der Waals surface area contributed by atoms with Gasteiger partial charge in [0.05, 0.1) is 21.3 Å². The van der Waals surface area contributed by atoms with Crippen LogP contribution in [0.25, 0.3) is 0 Å². The summed E-state index contributed by atoms with van der Waals surface area (Å²) in [6.45, 7) is 3.64. The van der Waals surface area contributed by atoms with Gasteiger partial charge in [0.15, 0.2) is 11.5 Å². The summed E-state index contributed by atoms with van der Waals surface area (Å²) in [5.74, 6) is 1.97. The average Bonchev–Trinajstić information content (AvgIpc) is 2.53. The van der Waals surface area contributed by atoms with E-state index in [9.17, 15) is 0 Å². The maximum absolute atomic E-state index is 5.37. The van der Waals surface area contributed by atoms with Crippen molar-refractivity contribution in [2.24, 2.45) is 0 Å². The molecule has 4 heteroatoms. The van der Waals surface area contributed by atoms with Gasteiger partial charge in [0.25, 0.3) is 0 Å². The Morgan fingerprint density at radius 3 is 2.00 bits per heavy atom. The zero-order chi connectivity index (χ0) is 15.9. The first-order chi connectivity index (χ1) is 10.7. The number of hydrogen-bond donors (Lipinski definition) is 1. The molecule has 22 heavy (non-hydrogen) atoms. The smallest absolute Gasteiger partial charge is 0.203 e. The van der Waals surface area contributed by atoms with Crippen LogP contribution >= 0.6 is 0 Å². The van der Waals surface area contributed by atoms with Crippen molar-refractivity contribution in [1.82, 2.24) is 5.32 Å². The summed E-state index contributed by atoms with van der Waals surface area (Å²) in [4.78, 5) is 0. The molecule has 0 fully saturated rings. The summed E-state index contributed by atoms with van der Waals surface area (Å²) < 4.78 is 16.1. The lowest BCUT2D eigenvalue weighted by Gasteiger charge is -2.14. The van der Waals surface area contributed by atoms with E-state index >= 15 is 0 Å². The van der Waals surface area contributed by atoms with E-state index in [0.29, 0.717) is 17.2 Å². The molecule has 2 aromatic carbocycles. The van der Waals surface area contributed by atoms with Gasteiger partial charge < -0.3 is 19.5 Å². The van der Waals surface area contributed by atoms with Crippen LogP contribution in [0.15, 0.2) is 36.4 Å². The first-order valence-corrected chi connectivity index (χ1v) is 7.23. The normalized spacial score (nSPS) is 10.4. The molecule has 0 unspecified atom stereocenters. The van der Waals surface area contributed by atoms with Gasteiger partial charge in [-0.3, -0.25) is 0 Å². The maximum Gasteiger partial charge on any atom is 0.203 e. The summed E-state index contributed by atoms with van der Waals surface area (Å²) in [5.41, 5.74) is 3.63. The molecule has 0 atom stereocenters. The Morgan fingerprint density at radius 2 is 1.45 bits per heavy atom. The third-order valence-corrected chi connectivity index (χ3v) is 3.47. The molecule has 0 aliphatic carbocycles. The van der Waals surface area contributed by atoms with E-state index in [0.717, 1.165) is 18.7 Å². The van der Waals surface area contributed by atoms with E-state index in [1.165, 1.54) is 11.1 Å². The van der Waals surface area contributed by atoms with E-state index in [1.54, 1.807) is 21.3 Å². The molecule has 0 bridgehead atoms. The molecule has 1 N–H and O–H groups in total. The molecular formula is C18H23NO3. The number of ether oxygens (including phenoxy) is 3. The summed E-state index contributed by atoms with van der Waals surface area (Å²) >= 11 is 0. The molecular weight excluding hydrogens is 278 g/mol. The van der Waals surface area contributed by atoms with Crippen molar-refractivity contribution in [2.45, 2.75) is 20.0 Å². The molecule has 0 radical (unpaired) electrons. The highest BCUT2D eigenvalue weighted by molar-refractivity contribution is 5.53. The number of methoxy groups -OCH3 is 3. The molecule has 0 aromatic heterocycles. The van der Waals surface area contributed by atoms with Crippen molar-refractivity contribution in [3.8, 4) is 17.2 Å². The van der Waals surface area contributed by atoms with E-state index in [1.807, 2.05) is 12.1 Å². The van der Waals surface area contributed by atoms with Crippen LogP contribution in [0.3, 0.4) is 0 Å². The van der Waals surface area contributed by atoms with Gasteiger partial charge in [0, 0.05) is 13.1 Å². The van der Waals surface area contributed by atoms with Crippen molar-refractivity contribution in [1.29, 1.82) is 0 Å². The fourth-order valence-electron chi connectivity index (χ4n) is 2.41. The SMILES string of the molecule is COc1cc(CNCc2cccc(C)c2)cc(OC)c1OC. The Bertz CT molecular complexity index is 600. The molecule has 2 aromatic rings. The van der Waals surface area contributed by atoms with Crippen LogP contribution < -0.4 is 19.5 Å². The summed E-state index contributed by atoms with van der Waals surface area (Å²) in [7, 11) is 4.86. The van der Waals surface area contributed by atoms with Crippen molar-refractivity contribution >= 4 is 0 Å². The van der Waals surface area contributed by atoms with Gasteiger partial charge in [-0.1, -0.05) is 29.8 Å². The first-order valence-electron chi connectivity index (χ1n) is 7.23. The van der Waals surface area contributed by atoms with Crippen molar-refractivity contribution in [3.63, 3.8) is 0 Å². The van der Waals surface area contributed by atoms with E-state index in [-0.39, 0.29) is 0 Å². The highest BCUT2D eigenvalue weighted by atomic mass is 16.5. The Hall–Kier alpha value is -2.20. The fourth-order valence-corrected chi connectivity index (χ4v) is 2.41. The Kier molecular flexibility index (Phi) is 5.67. The Morgan fingerprint density at radius 1 is 0.818 bits per heavy atom. The van der Waals surface area contributed by atoms with E-state index in [4.69, 9.17) is 14.2 Å². The third kappa shape index (κ3) is 3.92. The van der Waals surface area contributed by atoms with E-state index in [2.05, 4.69) is 36.5 Å². The molecule has 0 amide bonds. The van der Waals surface area contributed by atoms with Crippen LogP contribution in [0, 0.1) is 6.92 Å². The average molecular weight is 301 g/mol. The largest absolute Gasteiger partial charge is 0.493 e. The highest BCUT2D eigenvalue weighted by Gasteiger charge is 2.12. The number of aryl methyl sites for hydroxylation is 1. The third-order valence-electron chi connectivity index (χ3n) is 3.47. The molecule has 0 aliphatic rings. The molecule has 118 valence electrons. The second kappa shape index (κ2) is 7.71. The quantitative estimate of drug-likeness (QED) is 0.851. The van der Waals surface area contributed by atoms with Crippen molar-refractivity contribution in [3.05, 3.63) is 53.1 Å². The minimum absolute atomic E-state index is 0.618. The zero-order valence-electron chi connectivity index (χ0n) is 13.6. The Balaban J connectivity index is 2.06. The number of benzene rings is 2. The predicted molar refractivity (Wildman–Crippen MR) is 87.8 cm³/mol. The minimum Gasteiger partial charge on any atom is -0.493 e. The lowest BCUT2D eigenvalue weighted by Crippen LogP contribution is -2.13. The second-order valence-corrected chi connectivity index (χ2v) is 5.13. The Labute approximate surface area is 132 Å². The molecule has 4 nitrogen and oxygen atoms in total. The lowest BCUT2D eigenvalue weighted by atomic mass is 10.1. The molecule has 0 spiro atoms. The van der Waals surface area contributed by atoms with Gasteiger partial charge in [0.2, 0.25) is 5.75 Å². The summed E-state index contributed by atoms with van der Waals surface area (Å²) in [6, 6.07) is 12.4. The lowest BCUT2D eigenvalue weighted by molar-refractivity contribution is 0.323. The van der Waals surface area contributed by atoms with Crippen LogP contribution in [0.1, 0.15) is 16.7 Å². The number of hydrogen-bond acceptors (Lipinski definition) is 4. The minimum atomic E-state index is 0.618. The van der Waals surface area contributed by atoms with Crippen molar-refractivity contribution < 1.29 is 14.2 Å². The summed E-state index contributed by atoms with van der Waals surface area (Å²) in [5, 5.41) is 3.43. The molecule has 0 heterocycles. The molecule has 2 rings (SSSR count). The first kappa shape index (κ1) is 16.2. The standard InChI is InChI=1S/C18H23NO3/c1-13-6-5-7-14(8-13)11-19-12-15-9-16(20-2)18(22-4)17(10-15)21-3/h5-10,19H,11-12H2,1-4H3. The highest BCUT2D eigenvalue weighted by Crippen LogP contribution is 2.38. The molecule has 0 aliphatic heterocycles. The number of rotatable bonds is 7. The molecule has 0 saturated carbocycles. The van der Waals surface area contributed by atoms with Crippen molar-refractivity contribution in [2.75, 3.05) is 21.3 Å². The van der Waals surface area contributed by atoms with Gasteiger partial charge in [-0.2, -0.15) is 0 Å². The van der Waals surface area contributed by atoms with Crippen LogP contribution in [-0.2, 0) is 13.1 Å². The van der Waals surface area contributed by atoms with Gasteiger partial charge >= 0.3 is 0 Å². The predicted octanol–water partition coefficient (Wildman–Crippen LogP) is 3.31. The van der Waals surface area contributed by atoms with Gasteiger partial charge in [-0.25, -0.2) is 0 Å². The van der Waals surface area contributed by atoms with Crippen LogP contribution in [0.4, 0.5) is 0 Å². The van der Waals surface area contributed by atoms with Crippen LogP contribution in [0.2, 0.25) is 0 Å². The van der Waals surface area contributed by atoms with Gasteiger partial charge in [-0.15, -0.1) is 0 Å². The summed E-state index contributed by atoms with van der Waals surface area (Å²) in [6.07, 6.45) is 0. The van der Waals surface area contributed by atoms with Crippen LogP contribution in [0.5, 0.6) is 17.2 Å². The maximum atomic E-state index is 5.37. The second-order valence-electron chi connectivity index (χ2n) is 5.13. The van der Waals surface area contributed by atoms with E-state index < -0.39 is 0 Å².